The maximum absolute atomic E-state index is 13.2. The molecular weight excluding hydrogens is 494 g/mol. The summed E-state index contributed by atoms with van der Waals surface area (Å²) in [5.41, 5.74) is 0.985. The molecule has 1 fully saturated rings. The van der Waals surface area contributed by atoms with Gasteiger partial charge in [0.15, 0.2) is 0 Å². The summed E-state index contributed by atoms with van der Waals surface area (Å²) in [6.45, 7) is 7.85. The summed E-state index contributed by atoms with van der Waals surface area (Å²) >= 11 is 0. The third kappa shape index (κ3) is 5.83. The number of ether oxygens (including phenoxy) is 1. The molecular formula is C26H37N5O5S. The lowest BCUT2D eigenvalue weighted by Crippen LogP contribution is -2.38. The fourth-order valence-corrected chi connectivity index (χ4v) is 5.82. The van der Waals surface area contributed by atoms with E-state index in [1.807, 2.05) is 13.8 Å². The number of aromatic amines is 1. The fourth-order valence-electron chi connectivity index (χ4n) is 4.77. The summed E-state index contributed by atoms with van der Waals surface area (Å²) in [5, 5.41) is 0. The van der Waals surface area contributed by atoms with Gasteiger partial charge in [0.25, 0.3) is 5.56 Å². The first-order valence-corrected chi connectivity index (χ1v) is 14.6. The largest absolute Gasteiger partial charge is 0.493 e. The number of nitrogens with one attached hydrogen (secondary N) is 2. The van der Waals surface area contributed by atoms with Gasteiger partial charge in [0.2, 0.25) is 10.0 Å². The second-order valence-corrected chi connectivity index (χ2v) is 11.3. The van der Waals surface area contributed by atoms with E-state index >= 15 is 0 Å². The van der Waals surface area contributed by atoms with Crippen molar-refractivity contribution in [2.75, 3.05) is 32.8 Å². The Labute approximate surface area is 217 Å². The maximum atomic E-state index is 13.2. The highest BCUT2D eigenvalue weighted by Crippen LogP contribution is 2.33. The zero-order valence-corrected chi connectivity index (χ0v) is 22.7. The second-order valence-electron chi connectivity index (χ2n) is 9.55. The quantitative estimate of drug-likeness (QED) is 0.393. The van der Waals surface area contributed by atoms with Crippen LogP contribution < -0.4 is 20.7 Å². The number of likely N-dealkylation sites (tertiary alicyclic amines) is 1. The van der Waals surface area contributed by atoms with Crippen LogP contribution in [0.25, 0.3) is 22.3 Å². The number of rotatable bonds is 11. The zero-order chi connectivity index (χ0) is 26.6. The summed E-state index contributed by atoms with van der Waals surface area (Å²) < 4.78 is 37.6. The lowest BCUT2D eigenvalue weighted by molar-refractivity contribution is 0.233. The monoisotopic (exact) mass is 531 g/mol. The van der Waals surface area contributed by atoms with Gasteiger partial charge in [-0.2, -0.15) is 0 Å². The summed E-state index contributed by atoms with van der Waals surface area (Å²) in [6.07, 6.45) is 5.02. The molecule has 11 heteroatoms. The van der Waals surface area contributed by atoms with Crippen molar-refractivity contribution in [1.29, 1.82) is 0 Å². The number of nitrogens with zero attached hydrogens (tertiary/aromatic N) is 3. The van der Waals surface area contributed by atoms with E-state index in [4.69, 9.17) is 4.74 Å². The van der Waals surface area contributed by atoms with E-state index in [-0.39, 0.29) is 10.6 Å². The second kappa shape index (κ2) is 11.7. The lowest BCUT2D eigenvalue weighted by Gasteiger charge is -2.26. The molecule has 0 amide bonds. The number of aryl methyl sites for hydroxylation is 1. The highest BCUT2D eigenvalue weighted by atomic mass is 32.2. The molecule has 1 aliphatic heterocycles. The minimum Gasteiger partial charge on any atom is -0.493 e. The van der Waals surface area contributed by atoms with Gasteiger partial charge in [0.1, 0.15) is 11.3 Å². The number of aromatic nitrogens is 3. The maximum Gasteiger partial charge on any atom is 0.331 e. The molecule has 0 spiro atoms. The topological polar surface area (TPSA) is 118 Å². The molecule has 2 N–H and O–H groups in total. The Bertz CT molecular complexity index is 1460. The molecule has 0 unspecified atom stereocenters. The van der Waals surface area contributed by atoms with Gasteiger partial charge in [-0.25, -0.2) is 17.9 Å². The molecule has 37 heavy (non-hydrogen) atoms. The fraction of sp³-hybridized carbons (Fsp3) is 0.538. The molecule has 1 aliphatic rings. The Hall–Kier alpha value is -2.89. The van der Waals surface area contributed by atoms with Crippen LogP contribution in [0.3, 0.4) is 0 Å². The number of hydrogen-bond donors (Lipinski definition) is 2. The minimum atomic E-state index is -3.76. The zero-order valence-electron chi connectivity index (χ0n) is 21.9. The van der Waals surface area contributed by atoms with Crippen LogP contribution >= 0.6 is 0 Å². The summed E-state index contributed by atoms with van der Waals surface area (Å²) in [4.78, 5) is 31.1. The van der Waals surface area contributed by atoms with Crippen LogP contribution in [0.5, 0.6) is 5.75 Å². The normalized spacial score (nSPS) is 14.9. The molecule has 0 aliphatic carbocycles. The predicted octanol–water partition coefficient (Wildman–Crippen LogP) is 2.66. The Morgan fingerprint density at radius 1 is 1.03 bits per heavy atom. The Balaban J connectivity index is 1.72. The minimum absolute atomic E-state index is 0.113. The van der Waals surface area contributed by atoms with Crippen LogP contribution in [0.4, 0.5) is 0 Å². The van der Waals surface area contributed by atoms with Gasteiger partial charge in [-0.15, -0.1) is 0 Å². The molecule has 2 aromatic heterocycles. The first-order valence-electron chi connectivity index (χ1n) is 13.1. The van der Waals surface area contributed by atoms with Crippen LogP contribution in [-0.4, -0.2) is 60.2 Å². The van der Waals surface area contributed by atoms with Gasteiger partial charge >= 0.3 is 5.69 Å². The standard InChI is InChI=1S/C26H37N5O5S/c1-4-12-31-22-18-21(28-24(22)25(32)29(3)26(31)33)20-17-19(9-10-23(20)36-16-5-2)37(34,35)27-11-15-30-13-7-6-8-14-30/h9-10,17-18,27-28H,4-8,11-16H2,1-3H3. The number of piperidine rings is 1. The molecule has 0 radical (unpaired) electrons. The van der Waals surface area contributed by atoms with Gasteiger partial charge in [0, 0.05) is 32.2 Å². The van der Waals surface area contributed by atoms with E-state index in [0.29, 0.717) is 54.3 Å². The molecule has 1 aromatic carbocycles. The lowest BCUT2D eigenvalue weighted by atomic mass is 10.1. The van der Waals surface area contributed by atoms with E-state index in [0.717, 1.165) is 43.3 Å². The Morgan fingerprint density at radius 2 is 1.78 bits per heavy atom. The van der Waals surface area contributed by atoms with Gasteiger partial charge in [-0.1, -0.05) is 20.3 Å². The van der Waals surface area contributed by atoms with Crippen LogP contribution in [0, 0.1) is 0 Å². The molecule has 3 aromatic rings. The van der Waals surface area contributed by atoms with Crippen LogP contribution in [0.2, 0.25) is 0 Å². The number of hydrogen-bond acceptors (Lipinski definition) is 6. The molecule has 10 nitrogen and oxygen atoms in total. The number of H-pyrrole nitrogens is 1. The number of benzene rings is 1. The van der Waals surface area contributed by atoms with Gasteiger partial charge in [-0.05, 0) is 63.0 Å². The van der Waals surface area contributed by atoms with Crippen molar-refractivity contribution in [1.82, 2.24) is 23.7 Å². The molecule has 3 heterocycles. The Morgan fingerprint density at radius 3 is 2.49 bits per heavy atom. The van der Waals surface area contributed by atoms with Crippen molar-refractivity contribution in [3.63, 3.8) is 0 Å². The van der Waals surface area contributed by atoms with Crippen LogP contribution in [-0.2, 0) is 23.6 Å². The SMILES string of the molecule is CCCOc1ccc(S(=O)(=O)NCCN2CCCCC2)cc1-c1cc2c([nH]1)c(=O)n(C)c(=O)n2CCC. The molecule has 202 valence electrons. The number of sulfonamides is 1. The molecule has 4 rings (SSSR count). The highest BCUT2D eigenvalue weighted by molar-refractivity contribution is 7.89. The molecule has 1 saturated heterocycles. The van der Waals surface area contributed by atoms with Crippen molar-refractivity contribution in [3.8, 4) is 17.0 Å². The Kier molecular flexibility index (Phi) is 8.56. The summed E-state index contributed by atoms with van der Waals surface area (Å²) in [5.74, 6) is 0.502. The van der Waals surface area contributed by atoms with E-state index in [2.05, 4.69) is 14.6 Å². The third-order valence-electron chi connectivity index (χ3n) is 6.75. The third-order valence-corrected chi connectivity index (χ3v) is 8.21. The van der Waals surface area contributed by atoms with E-state index in [1.54, 1.807) is 22.8 Å². The molecule has 0 atom stereocenters. The van der Waals surface area contributed by atoms with Crippen molar-refractivity contribution in [2.24, 2.45) is 7.05 Å². The summed E-state index contributed by atoms with van der Waals surface area (Å²) in [6, 6.07) is 6.47. The molecule has 0 saturated carbocycles. The van der Waals surface area contributed by atoms with Crippen molar-refractivity contribution in [2.45, 2.75) is 57.4 Å². The van der Waals surface area contributed by atoms with E-state index in [1.165, 1.54) is 19.5 Å². The van der Waals surface area contributed by atoms with Gasteiger partial charge in [0.05, 0.1) is 22.7 Å². The number of fused-ring (bicyclic) bond motifs is 1. The molecule has 0 bridgehead atoms. The average Bonchev–Trinajstić information content (AvgIpc) is 3.34. The van der Waals surface area contributed by atoms with Crippen LogP contribution in [0.15, 0.2) is 38.8 Å². The highest BCUT2D eigenvalue weighted by Gasteiger charge is 2.21. The first-order chi connectivity index (χ1) is 17.8. The van der Waals surface area contributed by atoms with Crippen LogP contribution in [0.1, 0.15) is 46.0 Å². The average molecular weight is 532 g/mol. The van der Waals surface area contributed by atoms with Gasteiger partial charge in [-0.3, -0.25) is 13.9 Å². The van der Waals surface area contributed by atoms with Gasteiger partial charge < -0.3 is 14.6 Å². The summed E-state index contributed by atoms with van der Waals surface area (Å²) in [7, 11) is -2.31. The predicted molar refractivity (Wildman–Crippen MR) is 145 cm³/mol. The van der Waals surface area contributed by atoms with Crippen molar-refractivity contribution < 1.29 is 13.2 Å². The van der Waals surface area contributed by atoms with E-state index in [9.17, 15) is 18.0 Å². The van der Waals surface area contributed by atoms with Crippen molar-refractivity contribution >= 4 is 21.1 Å². The first kappa shape index (κ1) is 27.2. The smallest absolute Gasteiger partial charge is 0.331 e. The van der Waals surface area contributed by atoms with Crippen molar-refractivity contribution in [3.05, 3.63) is 45.1 Å². The van der Waals surface area contributed by atoms with E-state index < -0.39 is 15.6 Å².